The average molecular weight is 420 g/mol. The van der Waals surface area contributed by atoms with E-state index in [9.17, 15) is 14.9 Å². The Morgan fingerprint density at radius 2 is 1.45 bits per heavy atom. The molecule has 0 fully saturated rings. The number of nitrogens with zero attached hydrogens (tertiary/aromatic N) is 3. The highest BCUT2D eigenvalue weighted by atomic mass is 16.6. The topological polar surface area (TPSA) is 122 Å². The molecule has 9 nitrogen and oxygen atoms in total. The summed E-state index contributed by atoms with van der Waals surface area (Å²) in [5.41, 5.74) is 5.96. The van der Waals surface area contributed by atoms with Crippen LogP contribution in [0.15, 0.2) is 67.0 Å². The second kappa shape index (κ2) is 9.21. The van der Waals surface area contributed by atoms with Gasteiger partial charge in [0.05, 0.1) is 10.8 Å². The third-order valence-corrected chi connectivity index (χ3v) is 4.33. The van der Waals surface area contributed by atoms with Gasteiger partial charge in [0.2, 0.25) is 17.5 Å². The van der Waals surface area contributed by atoms with Crippen LogP contribution in [-0.2, 0) is 4.79 Å². The number of carbonyl (C=O) groups excluding carboxylic acids is 1. The standard InChI is InChI=1S/C22H24N6O3/c1-22(2,3)25-19-18(28(30)31)20(24-14-23-19)26-27-21(29)17(15-10-6-4-7-11-15)16-12-8-5-9-13-16/h4-14,17H,1-3H3,(H,27,29)(H2,23,24,25,26). The maximum Gasteiger partial charge on any atom is 0.354 e. The first-order valence-corrected chi connectivity index (χ1v) is 9.69. The summed E-state index contributed by atoms with van der Waals surface area (Å²) in [5, 5.41) is 14.7. The molecular weight excluding hydrogens is 396 g/mol. The van der Waals surface area contributed by atoms with E-state index >= 15 is 0 Å². The first-order chi connectivity index (χ1) is 14.8. The van der Waals surface area contributed by atoms with E-state index in [1.165, 1.54) is 6.33 Å². The van der Waals surface area contributed by atoms with Gasteiger partial charge in [-0.3, -0.25) is 25.8 Å². The first kappa shape index (κ1) is 21.7. The second-order valence-electron chi connectivity index (χ2n) is 7.92. The monoisotopic (exact) mass is 420 g/mol. The molecule has 2 aromatic carbocycles. The van der Waals surface area contributed by atoms with Crippen molar-refractivity contribution in [3.8, 4) is 0 Å². The first-order valence-electron chi connectivity index (χ1n) is 9.69. The van der Waals surface area contributed by atoms with Crippen LogP contribution in [0.4, 0.5) is 17.3 Å². The molecule has 1 amide bonds. The molecule has 3 aromatic rings. The van der Waals surface area contributed by atoms with E-state index in [-0.39, 0.29) is 23.2 Å². The predicted octanol–water partition coefficient (Wildman–Crippen LogP) is 3.87. The summed E-state index contributed by atoms with van der Waals surface area (Å²) in [4.78, 5) is 32.1. The quantitative estimate of drug-likeness (QED) is 0.392. The molecule has 160 valence electrons. The van der Waals surface area contributed by atoms with Crippen molar-refractivity contribution in [1.82, 2.24) is 15.4 Å². The van der Waals surface area contributed by atoms with E-state index in [1.807, 2.05) is 81.4 Å². The molecule has 0 bridgehead atoms. The fourth-order valence-electron chi connectivity index (χ4n) is 3.07. The van der Waals surface area contributed by atoms with Gasteiger partial charge in [-0.05, 0) is 31.9 Å². The summed E-state index contributed by atoms with van der Waals surface area (Å²) in [7, 11) is 0. The molecule has 0 aliphatic heterocycles. The number of aromatic nitrogens is 2. The minimum Gasteiger partial charge on any atom is -0.360 e. The van der Waals surface area contributed by atoms with E-state index in [0.717, 1.165) is 11.1 Å². The summed E-state index contributed by atoms with van der Waals surface area (Å²) < 4.78 is 0. The number of hydrogen-bond acceptors (Lipinski definition) is 7. The Kier molecular flexibility index (Phi) is 6.44. The molecule has 3 N–H and O–H groups in total. The van der Waals surface area contributed by atoms with Gasteiger partial charge in [0.15, 0.2) is 0 Å². The molecule has 1 heterocycles. The van der Waals surface area contributed by atoms with Gasteiger partial charge in [-0.1, -0.05) is 60.7 Å². The number of nitro groups is 1. The maximum atomic E-state index is 13.1. The number of carbonyl (C=O) groups is 1. The Morgan fingerprint density at radius 1 is 0.935 bits per heavy atom. The summed E-state index contributed by atoms with van der Waals surface area (Å²) >= 11 is 0. The van der Waals surface area contributed by atoms with Crippen molar-refractivity contribution >= 4 is 23.2 Å². The molecule has 0 aliphatic carbocycles. The molecule has 0 aliphatic rings. The van der Waals surface area contributed by atoms with Gasteiger partial charge in [-0.25, -0.2) is 9.97 Å². The van der Waals surface area contributed by atoms with Crippen LogP contribution in [0, 0.1) is 10.1 Å². The fraction of sp³-hybridized carbons (Fsp3) is 0.227. The minimum atomic E-state index is -0.608. The number of rotatable bonds is 7. The average Bonchev–Trinajstić information content (AvgIpc) is 2.72. The van der Waals surface area contributed by atoms with E-state index in [1.54, 1.807) is 0 Å². The van der Waals surface area contributed by atoms with Gasteiger partial charge >= 0.3 is 5.69 Å². The van der Waals surface area contributed by atoms with Gasteiger partial charge in [0, 0.05) is 5.54 Å². The van der Waals surface area contributed by atoms with E-state index in [2.05, 4.69) is 26.1 Å². The van der Waals surface area contributed by atoms with E-state index in [0.29, 0.717) is 0 Å². The number of anilines is 2. The molecule has 0 spiro atoms. The van der Waals surface area contributed by atoms with Crippen molar-refractivity contribution in [2.45, 2.75) is 32.2 Å². The molecule has 9 heteroatoms. The highest BCUT2D eigenvalue weighted by Crippen LogP contribution is 2.31. The van der Waals surface area contributed by atoms with Gasteiger partial charge in [0.25, 0.3) is 0 Å². The molecule has 0 atom stereocenters. The molecule has 0 radical (unpaired) electrons. The van der Waals surface area contributed by atoms with Crippen LogP contribution in [0.3, 0.4) is 0 Å². The van der Waals surface area contributed by atoms with Crippen LogP contribution in [0.5, 0.6) is 0 Å². The predicted molar refractivity (Wildman–Crippen MR) is 119 cm³/mol. The third-order valence-electron chi connectivity index (χ3n) is 4.33. The zero-order chi connectivity index (χ0) is 22.4. The Labute approximate surface area is 180 Å². The molecule has 1 aromatic heterocycles. The SMILES string of the molecule is CC(C)(C)Nc1ncnc(NNC(=O)C(c2ccccc2)c2ccccc2)c1[N+](=O)[O-]. The highest BCUT2D eigenvalue weighted by Gasteiger charge is 2.27. The fourth-order valence-corrected chi connectivity index (χ4v) is 3.07. The molecule has 0 unspecified atom stereocenters. The van der Waals surface area contributed by atoms with Crippen molar-refractivity contribution < 1.29 is 9.72 Å². The van der Waals surface area contributed by atoms with Crippen molar-refractivity contribution in [2.24, 2.45) is 0 Å². The summed E-state index contributed by atoms with van der Waals surface area (Å²) in [6.07, 6.45) is 1.20. The number of hydrogen-bond donors (Lipinski definition) is 3. The summed E-state index contributed by atoms with van der Waals surface area (Å²) in [5.74, 6) is -1.04. The van der Waals surface area contributed by atoms with Crippen LogP contribution in [0.1, 0.15) is 37.8 Å². The lowest BCUT2D eigenvalue weighted by Gasteiger charge is -2.21. The largest absolute Gasteiger partial charge is 0.360 e. The highest BCUT2D eigenvalue weighted by molar-refractivity contribution is 5.88. The Morgan fingerprint density at radius 3 is 1.94 bits per heavy atom. The molecular formula is C22H24N6O3. The van der Waals surface area contributed by atoms with Gasteiger partial charge in [0.1, 0.15) is 6.33 Å². The molecule has 3 rings (SSSR count). The summed E-state index contributed by atoms with van der Waals surface area (Å²) in [6.45, 7) is 5.58. The zero-order valence-electron chi connectivity index (χ0n) is 17.5. The van der Waals surface area contributed by atoms with Crippen molar-refractivity contribution in [3.63, 3.8) is 0 Å². The van der Waals surface area contributed by atoms with Gasteiger partial charge < -0.3 is 5.32 Å². The van der Waals surface area contributed by atoms with Crippen molar-refractivity contribution in [1.29, 1.82) is 0 Å². The van der Waals surface area contributed by atoms with Crippen LogP contribution in [0.2, 0.25) is 0 Å². The molecule has 0 saturated heterocycles. The number of hydrazine groups is 1. The van der Waals surface area contributed by atoms with Crippen LogP contribution >= 0.6 is 0 Å². The Hall–Kier alpha value is -4.01. The lowest BCUT2D eigenvalue weighted by Crippen LogP contribution is -2.35. The third kappa shape index (κ3) is 5.53. The van der Waals surface area contributed by atoms with Crippen molar-refractivity contribution in [2.75, 3.05) is 10.7 Å². The smallest absolute Gasteiger partial charge is 0.354 e. The molecule has 0 saturated carbocycles. The van der Waals surface area contributed by atoms with Gasteiger partial charge in [-0.2, -0.15) is 0 Å². The number of nitrogens with one attached hydrogen (secondary N) is 3. The Balaban J connectivity index is 1.88. The number of benzene rings is 2. The zero-order valence-corrected chi connectivity index (χ0v) is 17.5. The van der Waals surface area contributed by atoms with Gasteiger partial charge in [-0.15, -0.1) is 0 Å². The normalized spacial score (nSPS) is 11.1. The lowest BCUT2D eigenvalue weighted by atomic mass is 9.91. The van der Waals surface area contributed by atoms with E-state index in [4.69, 9.17) is 0 Å². The number of amides is 1. The van der Waals surface area contributed by atoms with Crippen LogP contribution < -0.4 is 16.2 Å². The maximum absolute atomic E-state index is 13.1. The van der Waals surface area contributed by atoms with E-state index < -0.39 is 16.4 Å². The second-order valence-corrected chi connectivity index (χ2v) is 7.92. The minimum absolute atomic E-state index is 0.0620. The van der Waals surface area contributed by atoms with Crippen LogP contribution in [-0.4, -0.2) is 26.3 Å². The summed E-state index contributed by atoms with van der Waals surface area (Å²) in [6, 6.07) is 18.6. The lowest BCUT2D eigenvalue weighted by molar-refractivity contribution is -0.383. The van der Waals surface area contributed by atoms with Crippen LogP contribution in [0.25, 0.3) is 0 Å². The molecule has 31 heavy (non-hydrogen) atoms. The Bertz CT molecular complexity index is 1010. The van der Waals surface area contributed by atoms with Crippen molar-refractivity contribution in [3.05, 3.63) is 88.2 Å².